The molecule has 0 aromatic rings. The third-order valence-corrected chi connectivity index (χ3v) is 5.63. The zero-order chi connectivity index (χ0) is 18.9. The number of hydrogen-bond donors (Lipinski definition) is 1. The summed E-state index contributed by atoms with van der Waals surface area (Å²) in [6.07, 6.45) is 8.91. The summed E-state index contributed by atoms with van der Waals surface area (Å²) in [4.78, 5) is 20.4. The fraction of sp³-hybridized carbons (Fsp3) is 0.900. The molecule has 0 bridgehead atoms. The molecule has 2 rings (SSSR count). The van der Waals surface area contributed by atoms with E-state index in [2.05, 4.69) is 29.1 Å². The Kier molecular flexibility index (Phi) is 8.69. The van der Waals surface area contributed by atoms with E-state index >= 15 is 0 Å². The molecule has 1 saturated carbocycles. The second kappa shape index (κ2) is 10.8. The monoisotopic (exact) mass is 366 g/mol. The standard InChI is InChI=1S/C20H38N4O2/c1-5-16(2)22-20(21-14-19(25)23(3)4)24-12-10-18(11-13-24)26-15-17-8-6-7-9-17/h16-18H,5-15H2,1-4H3,(H,21,22). The van der Waals surface area contributed by atoms with Gasteiger partial charge in [-0.25, -0.2) is 4.99 Å². The van der Waals surface area contributed by atoms with Gasteiger partial charge in [0.25, 0.3) is 0 Å². The molecule has 2 aliphatic rings. The summed E-state index contributed by atoms with van der Waals surface area (Å²) in [6, 6.07) is 0.347. The molecule has 0 spiro atoms. The summed E-state index contributed by atoms with van der Waals surface area (Å²) in [6.45, 7) is 7.32. The Hall–Kier alpha value is -1.30. The predicted octanol–water partition coefficient (Wildman–Crippen LogP) is 2.49. The number of likely N-dealkylation sites (tertiary alicyclic amines) is 1. The van der Waals surface area contributed by atoms with E-state index < -0.39 is 0 Å². The van der Waals surface area contributed by atoms with Crippen LogP contribution in [0.25, 0.3) is 0 Å². The van der Waals surface area contributed by atoms with Crippen molar-refractivity contribution in [2.75, 3.05) is 40.3 Å². The van der Waals surface area contributed by atoms with E-state index in [1.54, 1.807) is 19.0 Å². The molecule has 2 fully saturated rings. The molecule has 1 N–H and O–H groups in total. The molecule has 1 saturated heterocycles. The highest BCUT2D eigenvalue weighted by molar-refractivity contribution is 5.85. The molecule has 150 valence electrons. The lowest BCUT2D eigenvalue weighted by atomic mass is 10.1. The first-order valence-corrected chi connectivity index (χ1v) is 10.4. The van der Waals surface area contributed by atoms with Crippen molar-refractivity contribution in [2.24, 2.45) is 10.9 Å². The molecule has 6 heteroatoms. The van der Waals surface area contributed by atoms with Gasteiger partial charge in [-0.05, 0) is 44.9 Å². The summed E-state index contributed by atoms with van der Waals surface area (Å²) in [7, 11) is 3.54. The highest BCUT2D eigenvalue weighted by Crippen LogP contribution is 2.26. The zero-order valence-corrected chi connectivity index (χ0v) is 17.2. The number of carbonyl (C=O) groups excluding carboxylic acids is 1. The van der Waals surface area contributed by atoms with Crippen molar-refractivity contribution in [3.05, 3.63) is 0 Å². The van der Waals surface area contributed by atoms with Gasteiger partial charge in [0.15, 0.2) is 5.96 Å². The van der Waals surface area contributed by atoms with Crippen molar-refractivity contribution < 1.29 is 9.53 Å². The van der Waals surface area contributed by atoms with Crippen LogP contribution in [-0.2, 0) is 9.53 Å². The van der Waals surface area contributed by atoms with Crippen LogP contribution in [0, 0.1) is 5.92 Å². The van der Waals surface area contributed by atoms with Crippen molar-refractivity contribution in [3.63, 3.8) is 0 Å². The molecule has 1 amide bonds. The Bertz CT molecular complexity index is 453. The lowest BCUT2D eigenvalue weighted by Crippen LogP contribution is -2.49. The third kappa shape index (κ3) is 6.78. The molecule has 6 nitrogen and oxygen atoms in total. The molecule has 1 aliphatic heterocycles. The molecule has 26 heavy (non-hydrogen) atoms. The van der Waals surface area contributed by atoms with Gasteiger partial charge in [-0.1, -0.05) is 19.8 Å². The number of rotatable bonds is 7. The van der Waals surface area contributed by atoms with Gasteiger partial charge in [0.2, 0.25) is 5.91 Å². The Morgan fingerprint density at radius 2 is 1.88 bits per heavy atom. The average molecular weight is 367 g/mol. The number of hydrogen-bond acceptors (Lipinski definition) is 3. The number of nitrogens with zero attached hydrogens (tertiary/aromatic N) is 3. The van der Waals surface area contributed by atoms with Crippen LogP contribution in [0.5, 0.6) is 0 Å². The molecule has 0 aromatic carbocycles. The maximum absolute atomic E-state index is 11.9. The van der Waals surface area contributed by atoms with Crippen LogP contribution in [0.1, 0.15) is 58.8 Å². The second-order valence-electron chi connectivity index (χ2n) is 8.05. The van der Waals surface area contributed by atoms with Gasteiger partial charge in [-0.3, -0.25) is 4.79 Å². The lowest BCUT2D eigenvalue weighted by molar-refractivity contribution is -0.127. The van der Waals surface area contributed by atoms with Crippen molar-refractivity contribution in [3.8, 4) is 0 Å². The molecule has 1 atom stereocenters. The second-order valence-corrected chi connectivity index (χ2v) is 8.05. The summed E-state index contributed by atoms with van der Waals surface area (Å²) >= 11 is 0. The molecule has 1 aliphatic carbocycles. The minimum absolute atomic E-state index is 0.0308. The molecular weight excluding hydrogens is 328 g/mol. The first kappa shape index (κ1) is 21.0. The van der Waals surface area contributed by atoms with Crippen LogP contribution >= 0.6 is 0 Å². The van der Waals surface area contributed by atoms with Crippen molar-refractivity contribution in [1.82, 2.24) is 15.1 Å². The summed E-state index contributed by atoms with van der Waals surface area (Å²) in [5.74, 6) is 1.68. The van der Waals surface area contributed by atoms with Crippen molar-refractivity contribution in [1.29, 1.82) is 0 Å². The van der Waals surface area contributed by atoms with E-state index in [4.69, 9.17) is 4.74 Å². The first-order valence-electron chi connectivity index (χ1n) is 10.4. The number of nitrogens with one attached hydrogen (secondary N) is 1. The smallest absolute Gasteiger partial charge is 0.243 e. The maximum Gasteiger partial charge on any atom is 0.243 e. The molecule has 1 unspecified atom stereocenters. The lowest BCUT2D eigenvalue weighted by Gasteiger charge is -2.35. The van der Waals surface area contributed by atoms with Gasteiger partial charge < -0.3 is 19.9 Å². The normalized spacial score (nSPS) is 21.1. The van der Waals surface area contributed by atoms with Crippen LogP contribution in [0.3, 0.4) is 0 Å². The van der Waals surface area contributed by atoms with Crippen molar-refractivity contribution >= 4 is 11.9 Å². The van der Waals surface area contributed by atoms with E-state index in [1.165, 1.54) is 25.7 Å². The zero-order valence-electron chi connectivity index (χ0n) is 17.2. The predicted molar refractivity (Wildman–Crippen MR) is 106 cm³/mol. The van der Waals surface area contributed by atoms with Crippen molar-refractivity contribution in [2.45, 2.75) is 70.9 Å². The number of aliphatic imine (C=N–C) groups is 1. The number of piperidine rings is 1. The van der Waals surface area contributed by atoms with Crippen LogP contribution in [-0.4, -0.2) is 74.1 Å². The average Bonchev–Trinajstić information content (AvgIpc) is 3.16. The van der Waals surface area contributed by atoms with Gasteiger partial charge in [0, 0.05) is 39.8 Å². The van der Waals surface area contributed by atoms with E-state index in [0.717, 1.165) is 50.8 Å². The molecular formula is C20H38N4O2. The molecule has 0 aromatic heterocycles. The summed E-state index contributed by atoms with van der Waals surface area (Å²) in [5, 5.41) is 3.49. The number of likely N-dealkylation sites (N-methyl/N-ethyl adjacent to an activating group) is 1. The minimum Gasteiger partial charge on any atom is -0.378 e. The van der Waals surface area contributed by atoms with E-state index in [0.29, 0.717) is 12.1 Å². The highest BCUT2D eigenvalue weighted by Gasteiger charge is 2.24. The first-order chi connectivity index (χ1) is 12.5. The van der Waals surface area contributed by atoms with Crippen LogP contribution in [0.15, 0.2) is 4.99 Å². The summed E-state index contributed by atoms with van der Waals surface area (Å²) in [5.41, 5.74) is 0. The number of ether oxygens (including phenoxy) is 1. The SMILES string of the molecule is CCC(C)NC(=NCC(=O)N(C)C)N1CCC(OCC2CCCC2)CC1. The van der Waals surface area contributed by atoms with E-state index in [9.17, 15) is 4.79 Å². The molecule has 0 radical (unpaired) electrons. The molecule has 1 heterocycles. The fourth-order valence-electron chi connectivity index (χ4n) is 3.53. The number of guanidine groups is 1. The van der Waals surface area contributed by atoms with E-state index in [-0.39, 0.29) is 12.5 Å². The Morgan fingerprint density at radius 3 is 2.46 bits per heavy atom. The minimum atomic E-state index is 0.0308. The fourth-order valence-corrected chi connectivity index (χ4v) is 3.53. The topological polar surface area (TPSA) is 57.2 Å². The quantitative estimate of drug-likeness (QED) is 0.556. The Morgan fingerprint density at radius 1 is 1.23 bits per heavy atom. The van der Waals surface area contributed by atoms with Crippen LogP contribution in [0.4, 0.5) is 0 Å². The van der Waals surface area contributed by atoms with Gasteiger partial charge in [-0.2, -0.15) is 0 Å². The van der Waals surface area contributed by atoms with Gasteiger partial charge in [0.1, 0.15) is 6.54 Å². The third-order valence-electron chi connectivity index (χ3n) is 5.63. The van der Waals surface area contributed by atoms with Gasteiger partial charge in [0.05, 0.1) is 6.10 Å². The number of carbonyl (C=O) groups is 1. The maximum atomic E-state index is 11.9. The van der Waals surface area contributed by atoms with Crippen LogP contribution in [0.2, 0.25) is 0 Å². The highest BCUT2D eigenvalue weighted by atomic mass is 16.5. The van der Waals surface area contributed by atoms with E-state index in [1.807, 2.05) is 0 Å². The largest absolute Gasteiger partial charge is 0.378 e. The van der Waals surface area contributed by atoms with Gasteiger partial charge in [-0.15, -0.1) is 0 Å². The Labute approximate surface area is 159 Å². The van der Waals surface area contributed by atoms with Gasteiger partial charge >= 0.3 is 0 Å². The summed E-state index contributed by atoms with van der Waals surface area (Å²) < 4.78 is 6.18. The number of amides is 1. The Balaban J connectivity index is 1.83. The van der Waals surface area contributed by atoms with Crippen LogP contribution < -0.4 is 5.32 Å².